The Bertz CT molecular complexity index is 509. The van der Waals surface area contributed by atoms with Crippen molar-refractivity contribution in [3.63, 3.8) is 0 Å². The predicted octanol–water partition coefficient (Wildman–Crippen LogP) is 4.24. The topological polar surface area (TPSA) is 24.9 Å². The fraction of sp³-hybridized carbons (Fsp3) is 0.824. The molecule has 3 heteroatoms. The third kappa shape index (κ3) is 1.97. The monoisotopic (exact) mass is 290 g/mol. The molecule has 1 aromatic rings. The van der Waals surface area contributed by atoms with Crippen LogP contribution in [-0.4, -0.2) is 11.0 Å². The number of hydrogen-bond donors (Lipinski definition) is 1. The summed E-state index contributed by atoms with van der Waals surface area (Å²) in [4.78, 5) is 6.04. The Balaban J connectivity index is 1.46. The van der Waals surface area contributed by atoms with Gasteiger partial charge in [-0.3, -0.25) is 0 Å². The van der Waals surface area contributed by atoms with E-state index in [1.807, 2.05) is 11.3 Å². The van der Waals surface area contributed by atoms with Crippen LogP contribution in [0.3, 0.4) is 0 Å². The molecule has 20 heavy (non-hydrogen) atoms. The number of thiazole rings is 1. The van der Waals surface area contributed by atoms with Gasteiger partial charge in [-0.1, -0.05) is 6.42 Å². The number of nitrogens with one attached hydrogen (secondary N) is 1. The summed E-state index contributed by atoms with van der Waals surface area (Å²) in [5.41, 5.74) is 1.23. The van der Waals surface area contributed by atoms with E-state index in [4.69, 9.17) is 0 Å². The van der Waals surface area contributed by atoms with Gasteiger partial charge in [-0.15, -0.1) is 11.3 Å². The lowest BCUT2D eigenvalue weighted by Gasteiger charge is -2.34. The molecule has 1 heterocycles. The molecule has 3 saturated carbocycles. The summed E-state index contributed by atoms with van der Waals surface area (Å²) in [6.07, 6.45) is 7.49. The van der Waals surface area contributed by atoms with Gasteiger partial charge in [0.1, 0.15) is 0 Å². The molecule has 6 unspecified atom stereocenters. The van der Waals surface area contributed by atoms with Crippen molar-refractivity contribution in [3.05, 3.63) is 15.6 Å². The summed E-state index contributed by atoms with van der Waals surface area (Å²) >= 11 is 1.87. The van der Waals surface area contributed by atoms with E-state index in [1.165, 1.54) is 47.7 Å². The lowest BCUT2D eigenvalue weighted by Crippen LogP contribution is -2.40. The van der Waals surface area contributed by atoms with Crippen LogP contribution in [0.25, 0.3) is 0 Å². The van der Waals surface area contributed by atoms with Gasteiger partial charge in [-0.05, 0) is 70.1 Å². The third-order valence-electron chi connectivity index (χ3n) is 6.23. The van der Waals surface area contributed by atoms with Gasteiger partial charge in [0.2, 0.25) is 0 Å². The molecule has 3 aliphatic carbocycles. The van der Waals surface area contributed by atoms with E-state index in [0.29, 0.717) is 6.04 Å². The summed E-state index contributed by atoms with van der Waals surface area (Å²) in [6.45, 7) is 6.61. The molecule has 0 aliphatic heterocycles. The lowest BCUT2D eigenvalue weighted by molar-refractivity contribution is 0.200. The fourth-order valence-corrected chi connectivity index (χ4v) is 6.54. The van der Waals surface area contributed by atoms with Gasteiger partial charge in [0.05, 0.1) is 10.7 Å². The van der Waals surface area contributed by atoms with Crippen molar-refractivity contribution in [3.8, 4) is 0 Å². The van der Waals surface area contributed by atoms with Crippen molar-refractivity contribution >= 4 is 11.3 Å². The average molecular weight is 290 g/mol. The summed E-state index contributed by atoms with van der Waals surface area (Å²) in [5.74, 6) is 4.18. The van der Waals surface area contributed by atoms with Crippen molar-refractivity contribution in [1.29, 1.82) is 0 Å². The summed E-state index contributed by atoms with van der Waals surface area (Å²) < 4.78 is 0. The highest BCUT2D eigenvalue weighted by molar-refractivity contribution is 7.11. The van der Waals surface area contributed by atoms with E-state index in [2.05, 4.69) is 31.1 Å². The molecule has 1 N–H and O–H groups in total. The SMILES string of the molecule is Cc1nc(C)c(C(C)NC2CC3CC2C2CCCC32)s1. The molecule has 0 radical (unpaired) electrons. The van der Waals surface area contributed by atoms with E-state index in [0.717, 1.165) is 29.7 Å². The standard InChI is InChI=1S/C17H26N2S/c1-9-17(20-11(3)18-9)10(2)19-16-8-12-7-15(16)14-6-4-5-13(12)14/h10,12-16,19H,4-8H2,1-3H3. The first-order valence-electron chi connectivity index (χ1n) is 8.33. The summed E-state index contributed by atoms with van der Waals surface area (Å²) in [5, 5.41) is 5.17. The first-order valence-corrected chi connectivity index (χ1v) is 9.15. The Kier molecular flexibility index (Phi) is 3.19. The van der Waals surface area contributed by atoms with Gasteiger partial charge in [0, 0.05) is 17.0 Å². The van der Waals surface area contributed by atoms with E-state index < -0.39 is 0 Å². The third-order valence-corrected chi connectivity index (χ3v) is 7.48. The first-order chi connectivity index (χ1) is 9.63. The number of fused-ring (bicyclic) bond motifs is 5. The maximum absolute atomic E-state index is 4.59. The number of nitrogens with zero attached hydrogens (tertiary/aromatic N) is 1. The molecule has 2 nitrogen and oxygen atoms in total. The minimum Gasteiger partial charge on any atom is -0.306 e. The van der Waals surface area contributed by atoms with Gasteiger partial charge in [0.25, 0.3) is 0 Å². The zero-order valence-corrected chi connectivity index (χ0v) is 13.7. The van der Waals surface area contributed by atoms with Gasteiger partial charge >= 0.3 is 0 Å². The van der Waals surface area contributed by atoms with Crippen LogP contribution in [0.1, 0.15) is 60.6 Å². The van der Waals surface area contributed by atoms with E-state index in [9.17, 15) is 0 Å². The van der Waals surface area contributed by atoms with Crippen molar-refractivity contribution in [1.82, 2.24) is 10.3 Å². The maximum atomic E-state index is 4.59. The quantitative estimate of drug-likeness (QED) is 0.901. The predicted molar refractivity (Wildman–Crippen MR) is 84.0 cm³/mol. The molecule has 3 aliphatic rings. The van der Waals surface area contributed by atoms with Crippen molar-refractivity contribution in [2.45, 2.75) is 65.0 Å². The molecule has 0 aromatic carbocycles. The van der Waals surface area contributed by atoms with E-state index in [1.54, 1.807) is 0 Å². The van der Waals surface area contributed by atoms with Crippen LogP contribution in [0.2, 0.25) is 0 Å². The second-order valence-electron chi connectivity index (χ2n) is 7.33. The van der Waals surface area contributed by atoms with Crippen LogP contribution in [-0.2, 0) is 0 Å². The molecule has 0 saturated heterocycles. The van der Waals surface area contributed by atoms with Crippen molar-refractivity contribution in [2.24, 2.45) is 23.7 Å². The maximum Gasteiger partial charge on any atom is 0.0900 e. The van der Waals surface area contributed by atoms with Crippen LogP contribution in [0, 0.1) is 37.5 Å². The second-order valence-corrected chi connectivity index (χ2v) is 8.57. The number of rotatable bonds is 3. The lowest BCUT2D eigenvalue weighted by atomic mass is 9.79. The first kappa shape index (κ1) is 13.3. The van der Waals surface area contributed by atoms with E-state index >= 15 is 0 Å². The normalized spacial score (nSPS) is 40.2. The van der Waals surface area contributed by atoms with E-state index in [-0.39, 0.29) is 0 Å². The van der Waals surface area contributed by atoms with Gasteiger partial charge in [-0.25, -0.2) is 4.98 Å². The van der Waals surface area contributed by atoms with Crippen molar-refractivity contribution in [2.75, 3.05) is 0 Å². The average Bonchev–Trinajstić information content (AvgIpc) is 3.09. The van der Waals surface area contributed by atoms with Crippen LogP contribution in [0.15, 0.2) is 0 Å². The second kappa shape index (κ2) is 4.81. The number of hydrogen-bond acceptors (Lipinski definition) is 3. The highest BCUT2D eigenvalue weighted by Crippen LogP contribution is 2.58. The minimum atomic E-state index is 0.477. The Hall–Kier alpha value is -0.410. The number of aromatic nitrogens is 1. The molecule has 0 spiro atoms. The van der Waals surface area contributed by atoms with Crippen LogP contribution < -0.4 is 5.32 Å². The Morgan fingerprint density at radius 1 is 1.15 bits per heavy atom. The number of aryl methyl sites for hydroxylation is 2. The zero-order chi connectivity index (χ0) is 13.9. The highest BCUT2D eigenvalue weighted by atomic mass is 32.1. The minimum absolute atomic E-state index is 0.477. The fourth-order valence-electron chi connectivity index (χ4n) is 5.61. The van der Waals surface area contributed by atoms with Gasteiger partial charge in [0.15, 0.2) is 0 Å². The van der Waals surface area contributed by atoms with Crippen molar-refractivity contribution < 1.29 is 0 Å². The summed E-state index contributed by atoms with van der Waals surface area (Å²) in [7, 11) is 0. The molecule has 0 amide bonds. The Morgan fingerprint density at radius 3 is 2.70 bits per heavy atom. The molecule has 1 aromatic heterocycles. The smallest absolute Gasteiger partial charge is 0.0900 e. The summed E-state index contributed by atoms with van der Waals surface area (Å²) in [6, 6.07) is 1.25. The van der Waals surface area contributed by atoms with Crippen LogP contribution in [0.4, 0.5) is 0 Å². The molecular formula is C17H26N2S. The van der Waals surface area contributed by atoms with Crippen LogP contribution in [0.5, 0.6) is 0 Å². The largest absolute Gasteiger partial charge is 0.306 e. The van der Waals surface area contributed by atoms with Crippen LogP contribution >= 0.6 is 11.3 Å². The molecule has 2 bridgehead atoms. The molecular weight excluding hydrogens is 264 g/mol. The molecule has 6 atom stereocenters. The van der Waals surface area contributed by atoms with Gasteiger partial charge < -0.3 is 5.32 Å². The molecule has 3 fully saturated rings. The Morgan fingerprint density at radius 2 is 1.95 bits per heavy atom. The van der Waals surface area contributed by atoms with Gasteiger partial charge in [-0.2, -0.15) is 0 Å². The zero-order valence-electron chi connectivity index (χ0n) is 12.9. The highest BCUT2D eigenvalue weighted by Gasteiger charge is 2.53. The molecule has 4 rings (SSSR count). The molecule has 110 valence electrons. The Labute approximate surface area is 126 Å².